The van der Waals surface area contributed by atoms with Crippen molar-refractivity contribution in [2.45, 2.75) is 40.2 Å². The molecule has 0 radical (unpaired) electrons. The van der Waals surface area contributed by atoms with Gasteiger partial charge in [0.2, 0.25) is 0 Å². The van der Waals surface area contributed by atoms with E-state index in [0.717, 1.165) is 13.0 Å². The highest BCUT2D eigenvalue weighted by molar-refractivity contribution is 5.26. The Hall–Kier alpha value is -0.820. The van der Waals surface area contributed by atoms with Crippen LogP contribution in [-0.4, -0.2) is 12.6 Å². The summed E-state index contributed by atoms with van der Waals surface area (Å²) in [7, 11) is 0. The van der Waals surface area contributed by atoms with Gasteiger partial charge in [-0.3, -0.25) is 0 Å². The van der Waals surface area contributed by atoms with E-state index in [0.29, 0.717) is 12.0 Å². The first-order valence-electron chi connectivity index (χ1n) is 5.93. The Bertz CT molecular complexity index is 291. The van der Waals surface area contributed by atoms with Crippen molar-refractivity contribution in [1.82, 2.24) is 5.32 Å². The molecule has 0 spiro atoms. The van der Waals surface area contributed by atoms with E-state index in [1.54, 1.807) is 0 Å². The van der Waals surface area contributed by atoms with Crippen LogP contribution in [0.5, 0.6) is 0 Å². The SMILES string of the molecule is CCNC(Cc1ccccc1C)C(C)C. The predicted octanol–water partition coefficient (Wildman–Crippen LogP) is 3.17. The van der Waals surface area contributed by atoms with Crippen molar-refractivity contribution in [2.75, 3.05) is 6.54 Å². The third kappa shape index (κ3) is 3.67. The van der Waals surface area contributed by atoms with Crippen molar-refractivity contribution < 1.29 is 0 Å². The fourth-order valence-corrected chi connectivity index (χ4v) is 1.88. The van der Waals surface area contributed by atoms with Gasteiger partial charge in [-0.25, -0.2) is 0 Å². The maximum atomic E-state index is 3.56. The highest BCUT2D eigenvalue weighted by Crippen LogP contribution is 2.13. The average Bonchev–Trinajstić information content (AvgIpc) is 2.20. The number of likely N-dealkylation sites (N-methyl/N-ethyl adjacent to an activating group) is 1. The second-order valence-electron chi connectivity index (χ2n) is 4.54. The molecule has 0 aliphatic carbocycles. The fourth-order valence-electron chi connectivity index (χ4n) is 1.88. The third-order valence-electron chi connectivity index (χ3n) is 2.97. The van der Waals surface area contributed by atoms with Crippen molar-refractivity contribution in [3.8, 4) is 0 Å². The normalized spacial score (nSPS) is 13.1. The van der Waals surface area contributed by atoms with Gasteiger partial charge in [-0.1, -0.05) is 45.0 Å². The zero-order chi connectivity index (χ0) is 11.3. The van der Waals surface area contributed by atoms with E-state index >= 15 is 0 Å². The van der Waals surface area contributed by atoms with E-state index in [1.165, 1.54) is 11.1 Å². The quantitative estimate of drug-likeness (QED) is 0.778. The molecule has 0 heterocycles. The van der Waals surface area contributed by atoms with Gasteiger partial charge in [-0.15, -0.1) is 0 Å². The van der Waals surface area contributed by atoms with Gasteiger partial charge in [0.25, 0.3) is 0 Å². The van der Waals surface area contributed by atoms with Gasteiger partial charge in [0.05, 0.1) is 0 Å². The van der Waals surface area contributed by atoms with Gasteiger partial charge in [0.15, 0.2) is 0 Å². The zero-order valence-corrected chi connectivity index (χ0v) is 10.4. The Labute approximate surface area is 93.9 Å². The summed E-state index contributed by atoms with van der Waals surface area (Å²) in [6.07, 6.45) is 1.14. The molecule has 0 saturated heterocycles. The van der Waals surface area contributed by atoms with Crippen molar-refractivity contribution in [2.24, 2.45) is 5.92 Å². The lowest BCUT2D eigenvalue weighted by molar-refractivity contribution is 0.405. The summed E-state index contributed by atoms with van der Waals surface area (Å²) in [5.41, 5.74) is 2.87. The van der Waals surface area contributed by atoms with Crippen LogP contribution in [0.3, 0.4) is 0 Å². The van der Waals surface area contributed by atoms with Gasteiger partial charge >= 0.3 is 0 Å². The third-order valence-corrected chi connectivity index (χ3v) is 2.97. The van der Waals surface area contributed by atoms with Crippen LogP contribution < -0.4 is 5.32 Å². The lowest BCUT2D eigenvalue weighted by Gasteiger charge is -2.22. The second kappa shape index (κ2) is 5.92. The Balaban J connectivity index is 2.69. The summed E-state index contributed by atoms with van der Waals surface area (Å²) in [6.45, 7) is 9.98. The van der Waals surface area contributed by atoms with E-state index in [-0.39, 0.29) is 0 Å². The van der Waals surface area contributed by atoms with Crippen LogP contribution in [0, 0.1) is 12.8 Å². The Morgan fingerprint density at radius 1 is 1.20 bits per heavy atom. The first-order chi connectivity index (χ1) is 7.15. The van der Waals surface area contributed by atoms with E-state index in [1.807, 2.05) is 0 Å². The smallest absolute Gasteiger partial charge is 0.0130 e. The summed E-state index contributed by atoms with van der Waals surface area (Å²) in [4.78, 5) is 0. The van der Waals surface area contributed by atoms with Crippen LogP contribution in [0.1, 0.15) is 31.9 Å². The molecule has 1 N–H and O–H groups in total. The summed E-state index contributed by atoms with van der Waals surface area (Å²) in [6, 6.07) is 9.26. The molecule has 1 atom stereocenters. The van der Waals surface area contributed by atoms with Gasteiger partial charge in [-0.05, 0) is 36.9 Å². The molecule has 0 saturated carbocycles. The lowest BCUT2D eigenvalue weighted by Crippen LogP contribution is -2.35. The maximum Gasteiger partial charge on any atom is 0.0130 e. The minimum Gasteiger partial charge on any atom is -0.314 e. The number of aryl methyl sites for hydroxylation is 1. The molecular weight excluding hydrogens is 182 g/mol. The minimum atomic E-state index is 0.594. The number of rotatable bonds is 5. The molecule has 1 rings (SSSR count). The monoisotopic (exact) mass is 205 g/mol. The molecule has 1 unspecified atom stereocenters. The average molecular weight is 205 g/mol. The highest BCUT2D eigenvalue weighted by atomic mass is 14.9. The van der Waals surface area contributed by atoms with E-state index in [2.05, 4.69) is 57.3 Å². The topological polar surface area (TPSA) is 12.0 Å². The van der Waals surface area contributed by atoms with E-state index in [4.69, 9.17) is 0 Å². The lowest BCUT2D eigenvalue weighted by atomic mass is 9.94. The Morgan fingerprint density at radius 2 is 1.87 bits per heavy atom. The Kier molecular flexibility index (Phi) is 4.83. The molecule has 0 bridgehead atoms. The fraction of sp³-hybridized carbons (Fsp3) is 0.571. The van der Waals surface area contributed by atoms with Gasteiger partial charge in [0.1, 0.15) is 0 Å². The zero-order valence-electron chi connectivity index (χ0n) is 10.4. The molecule has 1 aromatic rings. The van der Waals surface area contributed by atoms with Crippen molar-refractivity contribution in [3.05, 3.63) is 35.4 Å². The molecule has 0 aliphatic rings. The van der Waals surface area contributed by atoms with Gasteiger partial charge in [-0.2, -0.15) is 0 Å². The largest absolute Gasteiger partial charge is 0.314 e. The molecular formula is C14H23N. The molecule has 0 aromatic heterocycles. The standard InChI is InChI=1S/C14H23N/c1-5-15-14(11(2)3)10-13-9-7-6-8-12(13)4/h6-9,11,14-15H,5,10H2,1-4H3. The number of nitrogens with one attached hydrogen (secondary N) is 1. The summed E-state index contributed by atoms with van der Waals surface area (Å²) < 4.78 is 0. The van der Waals surface area contributed by atoms with Crippen LogP contribution in [0.4, 0.5) is 0 Å². The predicted molar refractivity (Wildman–Crippen MR) is 67.2 cm³/mol. The summed E-state index contributed by atoms with van der Waals surface area (Å²) >= 11 is 0. The molecule has 1 nitrogen and oxygen atoms in total. The van der Waals surface area contributed by atoms with Crippen molar-refractivity contribution >= 4 is 0 Å². The number of benzene rings is 1. The van der Waals surface area contributed by atoms with Gasteiger partial charge in [0, 0.05) is 6.04 Å². The summed E-state index contributed by atoms with van der Waals surface area (Å²) in [5, 5.41) is 3.56. The molecule has 1 heteroatoms. The van der Waals surface area contributed by atoms with E-state index < -0.39 is 0 Å². The van der Waals surface area contributed by atoms with Crippen LogP contribution in [0.15, 0.2) is 24.3 Å². The summed E-state index contributed by atoms with van der Waals surface area (Å²) in [5.74, 6) is 0.685. The molecule has 15 heavy (non-hydrogen) atoms. The highest BCUT2D eigenvalue weighted by Gasteiger charge is 2.13. The number of hydrogen-bond donors (Lipinski definition) is 1. The molecule has 0 aliphatic heterocycles. The van der Waals surface area contributed by atoms with Crippen LogP contribution in [-0.2, 0) is 6.42 Å². The Morgan fingerprint density at radius 3 is 2.40 bits per heavy atom. The molecule has 0 amide bonds. The van der Waals surface area contributed by atoms with Crippen LogP contribution in [0.25, 0.3) is 0 Å². The second-order valence-corrected chi connectivity index (χ2v) is 4.54. The van der Waals surface area contributed by atoms with Crippen LogP contribution >= 0.6 is 0 Å². The van der Waals surface area contributed by atoms with Crippen LogP contribution in [0.2, 0.25) is 0 Å². The molecule has 84 valence electrons. The van der Waals surface area contributed by atoms with Gasteiger partial charge < -0.3 is 5.32 Å². The number of hydrogen-bond acceptors (Lipinski definition) is 1. The van der Waals surface area contributed by atoms with Crippen molar-refractivity contribution in [1.29, 1.82) is 0 Å². The van der Waals surface area contributed by atoms with Crippen molar-refractivity contribution in [3.63, 3.8) is 0 Å². The first kappa shape index (κ1) is 12.3. The first-order valence-corrected chi connectivity index (χ1v) is 5.93. The maximum absolute atomic E-state index is 3.56. The molecule has 0 fully saturated rings. The van der Waals surface area contributed by atoms with E-state index in [9.17, 15) is 0 Å². The minimum absolute atomic E-state index is 0.594. The molecule has 1 aromatic carbocycles.